The fourth-order valence-corrected chi connectivity index (χ4v) is 0.638. The van der Waals surface area contributed by atoms with Crippen LogP contribution in [0.1, 0.15) is 13.8 Å². The molecule has 0 fully saturated rings. The summed E-state index contributed by atoms with van der Waals surface area (Å²) in [5, 5.41) is 0. The second-order valence-electron chi connectivity index (χ2n) is 1.67. The lowest BCUT2D eigenvalue weighted by molar-refractivity contribution is 0.0903. The summed E-state index contributed by atoms with van der Waals surface area (Å²) < 4.78 is 5.23. The Balaban J connectivity index is 2.83. The third-order valence-electron chi connectivity index (χ3n) is 1.03. The SMILES string of the molecule is CCOC(C)C[SiH3]. The predicted molar refractivity (Wildman–Crippen MR) is 35.8 cm³/mol. The van der Waals surface area contributed by atoms with Crippen molar-refractivity contribution in [3.05, 3.63) is 0 Å². The molecule has 1 nitrogen and oxygen atoms in total. The van der Waals surface area contributed by atoms with E-state index < -0.39 is 0 Å². The zero-order chi connectivity index (χ0) is 5.70. The first-order valence-corrected chi connectivity index (χ1v) is 4.34. The third kappa shape index (κ3) is 4.02. The molecule has 0 aliphatic rings. The van der Waals surface area contributed by atoms with E-state index in [1.54, 1.807) is 0 Å². The molecule has 0 aliphatic heterocycles. The van der Waals surface area contributed by atoms with Crippen LogP contribution in [0.4, 0.5) is 0 Å². The Bertz CT molecular complexity index is 39.1. The molecule has 0 aromatic carbocycles. The van der Waals surface area contributed by atoms with Crippen LogP contribution in [0, 0.1) is 0 Å². The van der Waals surface area contributed by atoms with Gasteiger partial charge in [-0.1, -0.05) is 0 Å². The van der Waals surface area contributed by atoms with E-state index in [-0.39, 0.29) is 0 Å². The van der Waals surface area contributed by atoms with Crippen molar-refractivity contribution in [1.29, 1.82) is 0 Å². The molecule has 44 valence electrons. The van der Waals surface area contributed by atoms with Gasteiger partial charge in [0.25, 0.3) is 0 Å². The summed E-state index contributed by atoms with van der Waals surface area (Å²) in [6, 6.07) is 1.26. The molecule has 0 heterocycles. The second kappa shape index (κ2) is 4.34. The topological polar surface area (TPSA) is 9.23 Å². The number of ether oxygens (including phenoxy) is 1. The molecular weight excluding hydrogens is 104 g/mol. The van der Waals surface area contributed by atoms with E-state index in [9.17, 15) is 0 Å². The van der Waals surface area contributed by atoms with Crippen LogP contribution in [-0.2, 0) is 4.74 Å². The molecule has 1 unspecified atom stereocenters. The average molecular weight is 118 g/mol. The molecule has 7 heavy (non-hydrogen) atoms. The fraction of sp³-hybridized carbons (Fsp3) is 1.00. The molecule has 1 atom stereocenters. The Labute approximate surface area is 48.5 Å². The summed E-state index contributed by atoms with van der Waals surface area (Å²) in [7, 11) is 1.26. The molecule has 2 heteroatoms. The Morgan fingerprint density at radius 2 is 2.29 bits per heavy atom. The second-order valence-corrected chi connectivity index (χ2v) is 2.49. The molecule has 0 N–H and O–H groups in total. The molecule has 0 bridgehead atoms. The van der Waals surface area contributed by atoms with Crippen molar-refractivity contribution < 1.29 is 4.74 Å². The lowest BCUT2D eigenvalue weighted by Crippen LogP contribution is -2.05. The lowest BCUT2D eigenvalue weighted by Gasteiger charge is -2.05. The van der Waals surface area contributed by atoms with Gasteiger partial charge < -0.3 is 4.74 Å². The van der Waals surface area contributed by atoms with Crippen molar-refractivity contribution in [2.45, 2.75) is 26.0 Å². The van der Waals surface area contributed by atoms with Crippen LogP contribution in [0.15, 0.2) is 0 Å². The summed E-state index contributed by atoms with van der Waals surface area (Å²) in [4.78, 5) is 0. The maximum Gasteiger partial charge on any atom is 0.0515 e. The van der Waals surface area contributed by atoms with Gasteiger partial charge in [-0.2, -0.15) is 0 Å². The first kappa shape index (κ1) is 7.18. The van der Waals surface area contributed by atoms with Gasteiger partial charge in [-0.25, -0.2) is 0 Å². The van der Waals surface area contributed by atoms with Gasteiger partial charge in [-0.3, -0.25) is 0 Å². The highest BCUT2D eigenvalue weighted by Crippen LogP contribution is 1.91. The van der Waals surface area contributed by atoms with Crippen molar-refractivity contribution in [2.24, 2.45) is 0 Å². The number of hydrogen-bond donors (Lipinski definition) is 0. The van der Waals surface area contributed by atoms with Crippen LogP contribution in [0.5, 0.6) is 0 Å². The van der Waals surface area contributed by atoms with Crippen LogP contribution in [0.25, 0.3) is 0 Å². The van der Waals surface area contributed by atoms with Gasteiger partial charge in [0.05, 0.1) is 6.10 Å². The summed E-state index contributed by atoms with van der Waals surface area (Å²) in [6.45, 7) is 5.02. The molecule has 0 saturated carbocycles. The smallest absolute Gasteiger partial charge is 0.0515 e. The summed E-state index contributed by atoms with van der Waals surface area (Å²) >= 11 is 0. The van der Waals surface area contributed by atoms with Crippen LogP contribution in [0.3, 0.4) is 0 Å². The Morgan fingerprint density at radius 3 is 2.43 bits per heavy atom. The first-order valence-electron chi connectivity index (χ1n) is 2.92. The summed E-state index contributed by atoms with van der Waals surface area (Å²) in [5.41, 5.74) is 0. The van der Waals surface area contributed by atoms with Crippen LogP contribution < -0.4 is 0 Å². The highest BCUT2D eigenvalue weighted by molar-refractivity contribution is 6.08. The molecule has 0 aromatic rings. The van der Waals surface area contributed by atoms with E-state index in [4.69, 9.17) is 4.74 Å². The molecule has 0 radical (unpaired) electrons. The monoisotopic (exact) mass is 118 g/mol. The van der Waals surface area contributed by atoms with Crippen LogP contribution in [0.2, 0.25) is 6.04 Å². The van der Waals surface area contributed by atoms with E-state index in [2.05, 4.69) is 6.92 Å². The van der Waals surface area contributed by atoms with Crippen LogP contribution in [-0.4, -0.2) is 23.0 Å². The standard InChI is InChI=1S/C5H14OSi/c1-3-6-5(2)4-7/h5H,3-4H2,1-2,7H3. The summed E-state index contributed by atoms with van der Waals surface area (Å²) in [5.74, 6) is 0. The van der Waals surface area contributed by atoms with Gasteiger partial charge >= 0.3 is 0 Å². The quantitative estimate of drug-likeness (QED) is 0.481. The average Bonchev–Trinajstić information content (AvgIpc) is 1.68. The van der Waals surface area contributed by atoms with Crippen molar-refractivity contribution in [3.8, 4) is 0 Å². The van der Waals surface area contributed by atoms with Gasteiger partial charge in [0.2, 0.25) is 0 Å². The van der Waals surface area contributed by atoms with Gasteiger partial charge in [0.1, 0.15) is 0 Å². The molecule has 0 rings (SSSR count). The maximum atomic E-state index is 5.23. The van der Waals surface area contributed by atoms with Gasteiger partial charge in [0.15, 0.2) is 0 Å². The van der Waals surface area contributed by atoms with Crippen molar-refractivity contribution in [1.82, 2.24) is 0 Å². The third-order valence-corrected chi connectivity index (χ3v) is 2.18. The largest absolute Gasteiger partial charge is 0.379 e. The zero-order valence-electron chi connectivity index (χ0n) is 5.40. The number of hydrogen-bond acceptors (Lipinski definition) is 1. The van der Waals surface area contributed by atoms with Crippen LogP contribution >= 0.6 is 0 Å². The van der Waals surface area contributed by atoms with E-state index in [1.807, 2.05) is 6.92 Å². The zero-order valence-corrected chi connectivity index (χ0v) is 7.40. The van der Waals surface area contributed by atoms with Crippen molar-refractivity contribution >= 4 is 10.2 Å². The van der Waals surface area contributed by atoms with E-state index in [0.717, 1.165) is 6.61 Å². The van der Waals surface area contributed by atoms with E-state index >= 15 is 0 Å². The van der Waals surface area contributed by atoms with Gasteiger partial charge in [-0.15, -0.1) is 0 Å². The molecule has 0 saturated heterocycles. The fourth-order valence-electron chi connectivity index (χ4n) is 0.402. The van der Waals surface area contributed by atoms with Gasteiger partial charge in [-0.05, 0) is 19.9 Å². The minimum Gasteiger partial charge on any atom is -0.379 e. The minimum absolute atomic E-state index is 0.511. The molecule has 0 amide bonds. The normalized spacial score (nSPS) is 14.6. The Morgan fingerprint density at radius 1 is 1.71 bits per heavy atom. The van der Waals surface area contributed by atoms with E-state index in [0.29, 0.717) is 6.10 Å². The minimum atomic E-state index is 0.511. The summed E-state index contributed by atoms with van der Waals surface area (Å²) in [6.07, 6.45) is 0.511. The first-order chi connectivity index (χ1) is 3.31. The highest BCUT2D eigenvalue weighted by atomic mass is 28.1. The molecule has 0 spiro atoms. The molecular formula is C5H14OSi. The van der Waals surface area contributed by atoms with E-state index in [1.165, 1.54) is 16.3 Å². The van der Waals surface area contributed by atoms with Crippen molar-refractivity contribution in [2.75, 3.05) is 6.61 Å². The Hall–Kier alpha value is 0.177. The molecule has 0 aromatic heterocycles. The lowest BCUT2D eigenvalue weighted by atomic mass is 10.5. The number of rotatable bonds is 3. The van der Waals surface area contributed by atoms with Crippen molar-refractivity contribution in [3.63, 3.8) is 0 Å². The molecule has 0 aliphatic carbocycles. The Kier molecular flexibility index (Phi) is 4.45. The predicted octanol–water partition coefficient (Wildman–Crippen LogP) is 0.195. The van der Waals surface area contributed by atoms with Gasteiger partial charge in [0, 0.05) is 16.8 Å². The maximum absolute atomic E-state index is 5.23. The highest BCUT2D eigenvalue weighted by Gasteiger charge is 1.91.